The summed E-state index contributed by atoms with van der Waals surface area (Å²) in [6.07, 6.45) is 2.87. The Kier molecular flexibility index (Phi) is 11.5. The van der Waals surface area contributed by atoms with Crippen molar-refractivity contribution >= 4 is 37.9 Å². The van der Waals surface area contributed by atoms with E-state index in [4.69, 9.17) is 15.8 Å². The van der Waals surface area contributed by atoms with E-state index in [1.165, 1.54) is 5.56 Å². The monoisotopic (exact) mass is 420 g/mol. The maximum atomic E-state index is 11.9. The normalized spacial score (nSPS) is 24.6. The molecule has 9 heteroatoms. The second-order valence-corrected chi connectivity index (χ2v) is 7.43. The second kappa shape index (κ2) is 11.9. The van der Waals surface area contributed by atoms with Gasteiger partial charge in [0.15, 0.2) is 0 Å². The summed E-state index contributed by atoms with van der Waals surface area (Å²) in [5.41, 5.74) is 6.27. The van der Waals surface area contributed by atoms with Gasteiger partial charge in [-0.15, -0.1) is 24.8 Å². The first-order valence-corrected chi connectivity index (χ1v) is 8.92. The molecule has 0 radical (unpaired) electrons. The Hall–Kier alpha value is -0.825. The smallest absolute Gasteiger partial charge is 0.451 e. The molecule has 6 nitrogen and oxygen atoms in total. The van der Waals surface area contributed by atoms with Gasteiger partial charge in [-0.25, -0.2) is 0 Å². The fourth-order valence-corrected chi connectivity index (χ4v) is 3.92. The van der Waals surface area contributed by atoms with Crippen LogP contribution >= 0.6 is 24.8 Å². The van der Waals surface area contributed by atoms with Gasteiger partial charge in [0.1, 0.15) is 5.54 Å². The summed E-state index contributed by atoms with van der Waals surface area (Å²) in [5.74, 6) is -0.951. The molecule has 0 bridgehead atoms. The van der Waals surface area contributed by atoms with E-state index in [2.05, 4.69) is 17.0 Å². The summed E-state index contributed by atoms with van der Waals surface area (Å²) in [7, 11) is 0.649. The topological polar surface area (TPSA) is 107 Å². The Bertz CT molecular complexity index is 568. The van der Waals surface area contributed by atoms with E-state index in [1.807, 2.05) is 25.2 Å². The number of carbonyl (C=O) groups is 1. The quantitative estimate of drug-likeness (QED) is 0.479. The molecule has 0 spiro atoms. The molecule has 1 saturated carbocycles. The van der Waals surface area contributed by atoms with E-state index in [0.717, 1.165) is 19.4 Å². The van der Waals surface area contributed by atoms with Crippen molar-refractivity contribution in [3.05, 3.63) is 35.9 Å². The van der Waals surface area contributed by atoms with Crippen LogP contribution in [-0.4, -0.2) is 52.3 Å². The van der Waals surface area contributed by atoms with E-state index in [9.17, 15) is 9.90 Å². The average Bonchev–Trinajstić information content (AvgIpc) is 2.56. The van der Waals surface area contributed by atoms with Gasteiger partial charge in [0.25, 0.3) is 0 Å². The molecule has 27 heavy (non-hydrogen) atoms. The van der Waals surface area contributed by atoms with Gasteiger partial charge in [0.05, 0.1) is 0 Å². The van der Waals surface area contributed by atoms with Crippen LogP contribution in [0.15, 0.2) is 30.3 Å². The summed E-state index contributed by atoms with van der Waals surface area (Å²) < 4.78 is 0. The fourth-order valence-electron chi connectivity index (χ4n) is 3.92. The lowest BCUT2D eigenvalue weighted by atomic mass is 9.66. The predicted molar refractivity (Wildman–Crippen MR) is 112 cm³/mol. The SMILES string of the molecule is CN(Cc1ccccc1)C[C@@H]1CC[C@@H](CCB(O)O)C[C@]1(N)C(=O)O.Cl.Cl. The number of carboxylic acid groups (broad SMARTS) is 1. The molecule has 1 aliphatic rings. The van der Waals surface area contributed by atoms with Crippen LogP contribution in [0.2, 0.25) is 6.32 Å². The number of halogens is 2. The highest BCUT2D eigenvalue weighted by molar-refractivity contribution is 6.40. The molecule has 1 fully saturated rings. The Morgan fingerprint density at radius 2 is 1.89 bits per heavy atom. The minimum absolute atomic E-state index is 0. The van der Waals surface area contributed by atoms with E-state index < -0.39 is 18.6 Å². The summed E-state index contributed by atoms with van der Waals surface area (Å²) in [5, 5.41) is 27.8. The van der Waals surface area contributed by atoms with Crippen molar-refractivity contribution < 1.29 is 19.9 Å². The van der Waals surface area contributed by atoms with Crippen LogP contribution in [0.3, 0.4) is 0 Å². The standard InChI is InChI=1S/C18H29BN2O4.2ClH/c1-21(12-15-5-3-2-4-6-15)13-16-8-7-14(9-10-19(24)25)11-18(16,20)17(22)23;;/h2-6,14,16,24-25H,7-13,20H2,1H3,(H,22,23);2*1H/t14-,16-,18+;;/m0../s1. The zero-order valence-corrected chi connectivity index (χ0v) is 17.3. The molecule has 0 unspecified atom stereocenters. The number of nitrogens with zero attached hydrogens (tertiary/aromatic N) is 1. The highest BCUT2D eigenvalue weighted by Crippen LogP contribution is 2.38. The third-order valence-electron chi connectivity index (χ3n) is 5.34. The number of benzene rings is 1. The Morgan fingerprint density at radius 1 is 1.26 bits per heavy atom. The van der Waals surface area contributed by atoms with Gasteiger partial charge in [0, 0.05) is 19.0 Å². The first-order chi connectivity index (χ1) is 11.8. The average molecular weight is 421 g/mol. The molecule has 3 atom stereocenters. The third-order valence-corrected chi connectivity index (χ3v) is 5.34. The lowest BCUT2D eigenvalue weighted by molar-refractivity contribution is -0.148. The third kappa shape index (κ3) is 7.60. The molecule has 0 aromatic heterocycles. The Labute approximate surface area is 174 Å². The molecule has 0 aliphatic heterocycles. The van der Waals surface area contributed by atoms with Crippen LogP contribution in [-0.2, 0) is 11.3 Å². The van der Waals surface area contributed by atoms with Crippen molar-refractivity contribution in [2.45, 2.75) is 44.1 Å². The van der Waals surface area contributed by atoms with Gasteiger partial charge >= 0.3 is 13.1 Å². The number of hydrogen-bond acceptors (Lipinski definition) is 5. The summed E-state index contributed by atoms with van der Waals surface area (Å²) >= 11 is 0. The van der Waals surface area contributed by atoms with Gasteiger partial charge in [0.2, 0.25) is 0 Å². The molecule has 1 aliphatic carbocycles. The summed E-state index contributed by atoms with van der Waals surface area (Å²) in [6.45, 7) is 1.39. The Balaban J connectivity index is 0.00000338. The number of nitrogens with two attached hydrogens (primary N) is 1. The maximum Gasteiger partial charge on any atom is 0.451 e. The van der Waals surface area contributed by atoms with Gasteiger partial charge in [-0.2, -0.15) is 0 Å². The van der Waals surface area contributed by atoms with Crippen LogP contribution in [0.4, 0.5) is 0 Å². The molecule has 0 amide bonds. The lowest BCUT2D eigenvalue weighted by Gasteiger charge is -2.43. The van der Waals surface area contributed by atoms with Crippen LogP contribution in [0.1, 0.15) is 31.2 Å². The van der Waals surface area contributed by atoms with Gasteiger partial charge < -0.3 is 25.8 Å². The van der Waals surface area contributed by atoms with E-state index in [0.29, 0.717) is 19.4 Å². The number of rotatable bonds is 8. The van der Waals surface area contributed by atoms with Crippen molar-refractivity contribution in [3.63, 3.8) is 0 Å². The Morgan fingerprint density at radius 3 is 2.44 bits per heavy atom. The number of carboxylic acids is 1. The van der Waals surface area contributed by atoms with Crippen LogP contribution in [0.25, 0.3) is 0 Å². The van der Waals surface area contributed by atoms with Crippen molar-refractivity contribution in [3.8, 4) is 0 Å². The number of aliphatic carboxylic acids is 1. The van der Waals surface area contributed by atoms with Gasteiger partial charge in [-0.05, 0) is 44.1 Å². The first kappa shape index (κ1) is 26.2. The van der Waals surface area contributed by atoms with Crippen molar-refractivity contribution in [2.24, 2.45) is 17.6 Å². The fraction of sp³-hybridized carbons (Fsp3) is 0.611. The largest absolute Gasteiger partial charge is 0.480 e. The molecule has 0 saturated heterocycles. The predicted octanol–water partition coefficient (Wildman–Crippen LogP) is 2.02. The minimum atomic E-state index is -1.34. The zero-order chi connectivity index (χ0) is 18.4. The van der Waals surface area contributed by atoms with Crippen LogP contribution in [0, 0.1) is 11.8 Å². The zero-order valence-electron chi connectivity index (χ0n) is 15.7. The van der Waals surface area contributed by atoms with E-state index >= 15 is 0 Å². The minimum Gasteiger partial charge on any atom is -0.480 e. The van der Waals surface area contributed by atoms with Crippen molar-refractivity contribution in [1.29, 1.82) is 0 Å². The first-order valence-electron chi connectivity index (χ1n) is 8.92. The van der Waals surface area contributed by atoms with E-state index in [1.54, 1.807) is 0 Å². The van der Waals surface area contributed by atoms with Crippen LogP contribution < -0.4 is 5.73 Å². The van der Waals surface area contributed by atoms with Crippen molar-refractivity contribution in [1.82, 2.24) is 4.90 Å². The lowest BCUT2D eigenvalue weighted by Crippen LogP contribution is -2.59. The summed E-state index contributed by atoms with van der Waals surface area (Å²) in [6, 6.07) is 10.1. The molecule has 1 aromatic carbocycles. The van der Waals surface area contributed by atoms with Gasteiger partial charge in [-0.1, -0.05) is 36.8 Å². The molecule has 0 heterocycles. The highest BCUT2D eigenvalue weighted by atomic mass is 35.5. The summed E-state index contributed by atoms with van der Waals surface area (Å²) in [4.78, 5) is 14.0. The van der Waals surface area contributed by atoms with Crippen LogP contribution in [0.5, 0.6) is 0 Å². The molecular weight excluding hydrogens is 390 g/mol. The highest BCUT2D eigenvalue weighted by Gasteiger charge is 2.47. The van der Waals surface area contributed by atoms with E-state index in [-0.39, 0.29) is 43.0 Å². The van der Waals surface area contributed by atoms with Gasteiger partial charge in [-0.3, -0.25) is 4.79 Å². The number of hydrogen-bond donors (Lipinski definition) is 4. The second-order valence-electron chi connectivity index (χ2n) is 7.43. The molecule has 5 N–H and O–H groups in total. The molecule has 2 rings (SSSR count). The molecule has 1 aromatic rings. The molecule has 154 valence electrons. The van der Waals surface area contributed by atoms with Crippen molar-refractivity contribution in [2.75, 3.05) is 13.6 Å². The molecular formula is C18H31BCl2N2O4. The maximum absolute atomic E-state index is 11.9.